The predicted molar refractivity (Wildman–Crippen MR) is 72.9 cm³/mol. The van der Waals surface area contributed by atoms with Crippen LogP contribution in [0.2, 0.25) is 0 Å². The van der Waals surface area contributed by atoms with Gasteiger partial charge in [0.1, 0.15) is 0 Å². The van der Waals surface area contributed by atoms with Crippen molar-refractivity contribution >= 4 is 5.97 Å². The largest absolute Gasteiger partial charge is 0.365 e. The van der Waals surface area contributed by atoms with Crippen molar-refractivity contribution in [2.45, 2.75) is 27.2 Å². The van der Waals surface area contributed by atoms with E-state index in [1.54, 1.807) is 18.5 Å². The summed E-state index contributed by atoms with van der Waals surface area (Å²) >= 11 is 0. The van der Waals surface area contributed by atoms with Crippen molar-refractivity contribution in [1.82, 2.24) is 9.94 Å². The van der Waals surface area contributed by atoms with Gasteiger partial charge in [0.15, 0.2) is 0 Å². The number of carbonyl (C=O) groups is 1. The highest BCUT2D eigenvalue weighted by Gasteiger charge is 2.12. The molecule has 2 aromatic rings. The smallest absolute Gasteiger partial charge is 0.314 e. The normalized spacial score (nSPS) is 10.7. The van der Waals surface area contributed by atoms with Gasteiger partial charge >= 0.3 is 5.97 Å². The Labute approximate surface area is 113 Å². The Morgan fingerprint density at radius 1 is 1.37 bits per heavy atom. The SMILES string of the molecule is Cc1ccccc1C(=O)On1cc(CC(C)C)cn1. The molecule has 0 spiro atoms. The highest BCUT2D eigenvalue weighted by molar-refractivity contribution is 5.91. The number of hydrogen-bond donors (Lipinski definition) is 0. The molecule has 0 saturated carbocycles. The Morgan fingerprint density at radius 3 is 2.79 bits per heavy atom. The Balaban J connectivity index is 2.07. The zero-order valence-corrected chi connectivity index (χ0v) is 11.5. The topological polar surface area (TPSA) is 44.1 Å². The van der Waals surface area contributed by atoms with Gasteiger partial charge in [0.2, 0.25) is 0 Å². The van der Waals surface area contributed by atoms with Crippen molar-refractivity contribution in [3.63, 3.8) is 0 Å². The van der Waals surface area contributed by atoms with Crippen LogP contribution in [-0.4, -0.2) is 15.9 Å². The van der Waals surface area contributed by atoms with Crippen molar-refractivity contribution in [1.29, 1.82) is 0 Å². The molecule has 1 aromatic carbocycles. The average Bonchev–Trinajstić information content (AvgIpc) is 2.76. The third-order valence-corrected chi connectivity index (χ3v) is 2.80. The van der Waals surface area contributed by atoms with Gasteiger partial charge in [-0.05, 0) is 36.5 Å². The summed E-state index contributed by atoms with van der Waals surface area (Å²) in [6.07, 6.45) is 4.39. The molecule has 4 heteroatoms. The summed E-state index contributed by atoms with van der Waals surface area (Å²) in [5.41, 5.74) is 2.51. The lowest BCUT2D eigenvalue weighted by molar-refractivity contribution is 0.0393. The summed E-state index contributed by atoms with van der Waals surface area (Å²) in [6.45, 7) is 6.15. The van der Waals surface area contributed by atoms with E-state index in [2.05, 4.69) is 18.9 Å². The predicted octanol–water partition coefficient (Wildman–Crippen LogP) is 2.66. The van der Waals surface area contributed by atoms with Crippen molar-refractivity contribution in [2.75, 3.05) is 0 Å². The van der Waals surface area contributed by atoms with E-state index in [-0.39, 0.29) is 0 Å². The minimum absolute atomic E-state index is 0.391. The van der Waals surface area contributed by atoms with Crippen LogP contribution < -0.4 is 4.84 Å². The van der Waals surface area contributed by atoms with E-state index < -0.39 is 5.97 Å². The van der Waals surface area contributed by atoms with E-state index in [1.165, 1.54) is 4.85 Å². The molecule has 19 heavy (non-hydrogen) atoms. The monoisotopic (exact) mass is 258 g/mol. The van der Waals surface area contributed by atoms with Crippen LogP contribution in [0.4, 0.5) is 0 Å². The first-order chi connectivity index (χ1) is 9.06. The Hall–Kier alpha value is -2.10. The van der Waals surface area contributed by atoms with Gasteiger partial charge in [0, 0.05) is 0 Å². The van der Waals surface area contributed by atoms with Crippen molar-refractivity contribution in [3.05, 3.63) is 53.3 Å². The molecule has 0 N–H and O–H groups in total. The minimum Gasteiger partial charge on any atom is -0.314 e. The third kappa shape index (κ3) is 3.44. The molecule has 0 aliphatic rings. The average molecular weight is 258 g/mol. The Kier molecular flexibility index (Phi) is 4.00. The van der Waals surface area contributed by atoms with Crippen LogP contribution in [0, 0.1) is 12.8 Å². The van der Waals surface area contributed by atoms with E-state index in [0.717, 1.165) is 17.5 Å². The van der Waals surface area contributed by atoms with Crippen LogP contribution >= 0.6 is 0 Å². The van der Waals surface area contributed by atoms with Gasteiger partial charge in [-0.1, -0.05) is 36.9 Å². The highest BCUT2D eigenvalue weighted by Crippen LogP contribution is 2.09. The second kappa shape index (κ2) is 5.69. The molecule has 0 saturated heterocycles. The van der Waals surface area contributed by atoms with Gasteiger partial charge in [-0.25, -0.2) is 4.79 Å². The second-order valence-electron chi connectivity index (χ2n) is 5.04. The zero-order valence-electron chi connectivity index (χ0n) is 11.5. The Bertz CT molecular complexity index is 573. The van der Waals surface area contributed by atoms with Gasteiger partial charge in [0.25, 0.3) is 0 Å². The van der Waals surface area contributed by atoms with E-state index in [9.17, 15) is 4.79 Å². The minimum atomic E-state index is -0.391. The molecular weight excluding hydrogens is 240 g/mol. The second-order valence-corrected chi connectivity index (χ2v) is 5.04. The lowest BCUT2D eigenvalue weighted by Crippen LogP contribution is -2.21. The van der Waals surface area contributed by atoms with Gasteiger partial charge in [-0.2, -0.15) is 0 Å². The zero-order chi connectivity index (χ0) is 13.8. The molecule has 0 aliphatic heterocycles. The number of nitrogens with zero attached hydrogens (tertiary/aromatic N) is 2. The van der Waals surface area contributed by atoms with E-state index in [4.69, 9.17) is 4.84 Å². The maximum Gasteiger partial charge on any atom is 0.365 e. The van der Waals surface area contributed by atoms with Crippen LogP contribution in [-0.2, 0) is 6.42 Å². The molecule has 2 rings (SSSR count). The van der Waals surface area contributed by atoms with Gasteiger partial charge in [0.05, 0.1) is 18.0 Å². The molecule has 100 valence electrons. The number of rotatable bonds is 4. The van der Waals surface area contributed by atoms with Crippen LogP contribution in [0.25, 0.3) is 0 Å². The standard InChI is InChI=1S/C15H18N2O2/c1-11(2)8-13-9-16-17(10-13)19-15(18)14-7-5-4-6-12(14)3/h4-7,9-11H,8H2,1-3H3. The van der Waals surface area contributed by atoms with Gasteiger partial charge < -0.3 is 4.84 Å². The van der Waals surface area contributed by atoms with Crippen LogP contribution in [0.1, 0.15) is 35.3 Å². The number of aromatic nitrogens is 2. The fraction of sp³-hybridized carbons (Fsp3) is 0.333. The molecule has 1 aromatic heterocycles. The fourth-order valence-corrected chi connectivity index (χ4v) is 1.90. The summed E-state index contributed by atoms with van der Waals surface area (Å²) in [7, 11) is 0. The van der Waals surface area contributed by atoms with E-state index in [0.29, 0.717) is 11.5 Å². The molecule has 0 atom stereocenters. The number of benzene rings is 1. The molecular formula is C15H18N2O2. The fourth-order valence-electron chi connectivity index (χ4n) is 1.90. The summed E-state index contributed by atoms with van der Waals surface area (Å²) in [5, 5.41) is 4.04. The molecule has 0 amide bonds. The molecule has 4 nitrogen and oxygen atoms in total. The first kappa shape index (κ1) is 13.3. The third-order valence-electron chi connectivity index (χ3n) is 2.80. The summed E-state index contributed by atoms with van der Waals surface area (Å²) in [6, 6.07) is 7.33. The van der Waals surface area contributed by atoms with Crippen molar-refractivity contribution in [2.24, 2.45) is 5.92 Å². The number of hydrogen-bond acceptors (Lipinski definition) is 3. The van der Waals surface area contributed by atoms with E-state index >= 15 is 0 Å². The van der Waals surface area contributed by atoms with Crippen LogP contribution in [0.15, 0.2) is 36.7 Å². The Morgan fingerprint density at radius 2 is 2.11 bits per heavy atom. The van der Waals surface area contributed by atoms with Gasteiger partial charge in [-0.15, -0.1) is 5.10 Å². The quantitative estimate of drug-likeness (QED) is 0.846. The molecule has 0 fully saturated rings. The lowest BCUT2D eigenvalue weighted by atomic mass is 10.1. The van der Waals surface area contributed by atoms with Crippen molar-refractivity contribution in [3.8, 4) is 0 Å². The lowest BCUT2D eigenvalue weighted by Gasteiger charge is -2.05. The highest BCUT2D eigenvalue weighted by atomic mass is 16.7. The van der Waals surface area contributed by atoms with Gasteiger partial charge in [-0.3, -0.25) is 0 Å². The number of aryl methyl sites for hydroxylation is 1. The van der Waals surface area contributed by atoms with Crippen molar-refractivity contribution < 1.29 is 9.63 Å². The van der Waals surface area contributed by atoms with E-state index in [1.807, 2.05) is 25.1 Å². The first-order valence-corrected chi connectivity index (χ1v) is 6.38. The summed E-state index contributed by atoms with van der Waals surface area (Å²) in [5.74, 6) is 0.155. The molecule has 1 heterocycles. The maximum absolute atomic E-state index is 12.0. The van der Waals surface area contributed by atoms with Crippen LogP contribution in [0.3, 0.4) is 0 Å². The van der Waals surface area contributed by atoms with Crippen LogP contribution in [0.5, 0.6) is 0 Å². The number of carbonyl (C=O) groups excluding carboxylic acids is 1. The molecule has 0 unspecified atom stereocenters. The summed E-state index contributed by atoms with van der Waals surface area (Å²) in [4.78, 5) is 18.4. The summed E-state index contributed by atoms with van der Waals surface area (Å²) < 4.78 is 0. The first-order valence-electron chi connectivity index (χ1n) is 6.38. The maximum atomic E-state index is 12.0. The molecule has 0 radical (unpaired) electrons. The molecule has 0 bridgehead atoms. The molecule has 0 aliphatic carbocycles.